The van der Waals surface area contributed by atoms with E-state index in [9.17, 15) is 4.79 Å². The van der Waals surface area contributed by atoms with Crippen LogP contribution in [0.5, 0.6) is 5.75 Å². The van der Waals surface area contributed by atoms with Gasteiger partial charge in [0.2, 0.25) is 0 Å². The number of carbonyl (C=O) groups excluding carboxylic acids is 1. The second kappa shape index (κ2) is 10.6. The van der Waals surface area contributed by atoms with Gasteiger partial charge in [-0.1, -0.05) is 67.6 Å². The predicted molar refractivity (Wildman–Crippen MR) is 125 cm³/mol. The Balaban J connectivity index is 2.06. The van der Waals surface area contributed by atoms with Crippen molar-refractivity contribution in [3.63, 3.8) is 0 Å². The van der Waals surface area contributed by atoms with E-state index in [1.165, 1.54) is 11.1 Å². The van der Waals surface area contributed by atoms with Crippen molar-refractivity contribution in [3.8, 4) is 5.75 Å². The highest BCUT2D eigenvalue weighted by Crippen LogP contribution is 2.35. The summed E-state index contributed by atoms with van der Waals surface area (Å²) in [5, 5.41) is 0. The number of nitrogens with zero attached hydrogens (tertiary/aromatic N) is 1. The molecule has 0 bridgehead atoms. The van der Waals surface area contributed by atoms with Gasteiger partial charge in [0.1, 0.15) is 18.6 Å². The second-order valence-corrected chi connectivity index (χ2v) is 7.49. The number of carbonyl (C=O) groups is 1. The zero-order valence-electron chi connectivity index (χ0n) is 18.0. The van der Waals surface area contributed by atoms with Crippen molar-refractivity contribution >= 4 is 17.4 Å². The molecular weight excluding hydrogens is 370 g/mol. The Morgan fingerprint density at radius 3 is 2.20 bits per heavy atom. The van der Waals surface area contributed by atoms with Gasteiger partial charge in [-0.3, -0.25) is 4.79 Å². The molecule has 0 aliphatic rings. The lowest BCUT2D eigenvalue weighted by atomic mass is 9.87. The van der Waals surface area contributed by atoms with Crippen LogP contribution in [0.3, 0.4) is 0 Å². The minimum absolute atomic E-state index is 0.653. The molecule has 0 aliphatic carbocycles. The zero-order chi connectivity index (χ0) is 21.3. The number of hydrogen-bond acceptors (Lipinski definition) is 3. The molecule has 30 heavy (non-hydrogen) atoms. The van der Waals surface area contributed by atoms with E-state index in [2.05, 4.69) is 54.3 Å². The van der Waals surface area contributed by atoms with Crippen molar-refractivity contribution in [3.05, 3.63) is 101 Å². The molecule has 0 saturated heterocycles. The molecule has 3 nitrogen and oxygen atoms in total. The van der Waals surface area contributed by atoms with Crippen LogP contribution in [0.2, 0.25) is 0 Å². The van der Waals surface area contributed by atoms with Gasteiger partial charge in [-0.05, 0) is 66.6 Å². The molecule has 154 valence electrons. The van der Waals surface area contributed by atoms with Gasteiger partial charge in [0.15, 0.2) is 0 Å². The van der Waals surface area contributed by atoms with Gasteiger partial charge in [-0.25, -0.2) is 0 Å². The number of rotatable bonds is 9. The van der Waals surface area contributed by atoms with Crippen molar-refractivity contribution < 1.29 is 9.53 Å². The van der Waals surface area contributed by atoms with Crippen LogP contribution in [-0.2, 0) is 0 Å². The first-order chi connectivity index (χ1) is 14.6. The van der Waals surface area contributed by atoms with Crippen LogP contribution in [0, 0.1) is 0 Å². The Bertz CT molecular complexity index is 989. The summed E-state index contributed by atoms with van der Waals surface area (Å²) in [6.07, 6.45) is 1.78. The van der Waals surface area contributed by atoms with Gasteiger partial charge in [0.25, 0.3) is 0 Å². The molecular formula is C27H29NO2. The average Bonchev–Trinajstić information content (AvgIpc) is 2.78. The molecule has 0 heterocycles. The monoisotopic (exact) mass is 399 g/mol. The number of allylic oxidation sites excluding steroid dienone is 1. The fraction of sp³-hybridized carbons (Fsp3) is 0.222. The molecule has 0 amide bonds. The van der Waals surface area contributed by atoms with Crippen LogP contribution in [0.4, 0.5) is 0 Å². The first-order valence-corrected chi connectivity index (χ1v) is 10.3. The van der Waals surface area contributed by atoms with Crippen LogP contribution in [-0.4, -0.2) is 38.4 Å². The van der Waals surface area contributed by atoms with Crippen LogP contribution < -0.4 is 4.74 Å². The topological polar surface area (TPSA) is 29.5 Å². The van der Waals surface area contributed by atoms with Crippen molar-refractivity contribution in [2.75, 3.05) is 27.2 Å². The Labute approximate surface area is 179 Å². The Hall–Kier alpha value is -3.17. The summed E-state index contributed by atoms with van der Waals surface area (Å²) in [6.45, 7) is 3.70. The molecule has 3 rings (SSSR count). The number of ether oxygens (including phenoxy) is 1. The third kappa shape index (κ3) is 5.46. The molecule has 0 radical (unpaired) electrons. The zero-order valence-corrected chi connectivity index (χ0v) is 18.0. The first kappa shape index (κ1) is 21.5. The summed E-state index contributed by atoms with van der Waals surface area (Å²) in [5.74, 6) is 0.861. The molecule has 0 aromatic heterocycles. The number of benzene rings is 3. The van der Waals surface area contributed by atoms with E-state index in [4.69, 9.17) is 4.74 Å². The van der Waals surface area contributed by atoms with Crippen LogP contribution in [0.15, 0.2) is 78.9 Å². The highest BCUT2D eigenvalue weighted by atomic mass is 16.5. The highest BCUT2D eigenvalue weighted by molar-refractivity contribution is 5.99. The van der Waals surface area contributed by atoms with Gasteiger partial charge in [-0.2, -0.15) is 0 Å². The largest absolute Gasteiger partial charge is 0.492 e. The molecule has 3 aromatic rings. The first-order valence-electron chi connectivity index (χ1n) is 10.3. The predicted octanol–water partition coefficient (Wildman–Crippen LogP) is 5.81. The molecule has 0 atom stereocenters. The van der Waals surface area contributed by atoms with Gasteiger partial charge in [0.05, 0.1) is 0 Å². The summed E-state index contributed by atoms with van der Waals surface area (Å²) in [4.78, 5) is 13.5. The van der Waals surface area contributed by atoms with E-state index in [-0.39, 0.29) is 0 Å². The minimum atomic E-state index is 0.653. The Morgan fingerprint density at radius 1 is 0.867 bits per heavy atom. The SMILES string of the molecule is CCC(=C(c1ccc(OCCN(C)C)cc1)c1cccc(C=O)c1)c1ccccc1. The molecule has 0 N–H and O–H groups in total. The maximum Gasteiger partial charge on any atom is 0.150 e. The third-order valence-corrected chi connectivity index (χ3v) is 5.04. The molecule has 3 heteroatoms. The lowest BCUT2D eigenvalue weighted by molar-refractivity contribution is 0.112. The number of hydrogen-bond donors (Lipinski definition) is 0. The summed E-state index contributed by atoms with van der Waals surface area (Å²) in [6, 6.07) is 26.5. The van der Waals surface area contributed by atoms with Crippen molar-refractivity contribution in [2.24, 2.45) is 0 Å². The number of likely N-dealkylation sites (N-methyl/N-ethyl adjacent to an activating group) is 1. The van der Waals surface area contributed by atoms with Gasteiger partial charge in [-0.15, -0.1) is 0 Å². The molecule has 0 aliphatic heterocycles. The Kier molecular flexibility index (Phi) is 7.58. The van der Waals surface area contributed by atoms with E-state index in [1.807, 2.05) is 50.5 Å². The van der Waals surface area contributed by atoms with E-state index in [0.29, 0.717) is 12.2 Å². The van der Waals surface area contributed by atoms with E-state index < -0.39 is 0 Å². The van der Waals surface area contributed by atoms with E-state index >= 15 is 0 Å². The number of aldehydes is 1. The molecule has 0 fully saturated rings. The average molecular weight is 400 g/mol. The van der Waals surface area contributed by atoms with Gasteiger partial charge in [0, 0.05) is 12.1 Å². The van der Waals surface area contributed by atoms with Crippen molar-refractivity contribution in [2.45, 2.75) is 13.3 Å². The Morgan fingerprint density at radius 2 is 1.57 bits per heavy atom. The summed E-state index contributed by atoms with van der Waals surface area (Å²) < 4.78 is 5.86. The fourth-order valence-corrected chi connectivity index (χ4v) is 3.51. The molecule has 0 spiro atoms. The van der Waals surface area contributed by atoms with Crippen molar-refractivity contribution in [1.82, 2.24) is 4.90 Å². The summed E-state index contributed by atoms with van der Waals surface area (Å²) in [5.41, 5.74) is 6.42. The fourth-order valence-electron chi connectivity index (χ4n) is 3.51. The smallest absolute Gasteiger partial charge is 0.150 e. The minimum Gasteiger partial charge on any atom is -0.492 e. The standard InChI is InChI=1S/C27H29NO2/c1-4-26(22-10-6-5-7-11-22)27(24-12-8-9-21(19-24)20-29)23-13-15-25(16-14-23)30-18-17-28(2)3/h5-16,19-20H,4,17-18H2,1-3H3. The van der Waals surface area contributed by atoms with Crippen LogP contribution >= 0.6 is 0 Å². The highest BCUT2D eigenvalue weighted by Gasteiger charge is 2.13. The summed E-state index contributed by atoms with van der Waals surface area (Å²) >= 11 is 0. The van der Waals surface area contributed by atoms with E-state index in [0.717, 1.165) is 41.7 Å². The molecule has 0 unspecified atom stereocenters. The second-order valence-electron chi connectivity index (χ2n) is 7.49. The maximum atomic E-state index is 11.4. The normalized spacial score (nSPS) is 11.9. The third-order valence-electron chi connectivity index (χ3n) is 5.04. The van der Waals surface area contributed by atoms with Crippen molar-refractivity contribution in [1.29, 1.82) is 0 Å². The van der Waals surface area contributed by atoms with Crippen LogP contribution in [0.25, 0.3) is 11.1 Å². The quantitative estimate of drug-likeness (QED) is 0.336. The van der Waals surface area contributed by atoms with Gasteiger partial charge < -0.3 is 9.64 Å². The lowest BCUT2D eigenvalue weighted by Gasteiger charge is -2.17. The maximum absolute atomic E-state index is 11.4. The summed E-state index contributed by atoms with van der Waals surface area (Å²) in [7, 11) is 4.07. The molecule has 3 aromatic carbocycles. The molecule has 0 saturated carbocycles. The lowest BCUT2D eigenvalue weighted by Crippen LogP contribution is -2.19. The van der Waals surface area contributed by atoms with Crippen LogP contribution in [0.1, 0.15) is 40.4 Å². The van der Waals surface area contributed by atoms with Gasteiger partial charge >= 0.3 is 0 Å². The van der Waals surface area contributed by atoms with E-state index in [1.54, 1.807) is 0 Å².